The number of hydrogen-bond acceptors (Lipinski definition) is 3. The topological polar surface area (TPSA) is 61.0 Å². The standard InChI is InChI=1S/C23H32N4O/c1-27-20-12-5-2-7-15(20)14-21(27)23(28)24-17-9-6-8-16(13-17)22-25-18-10-3-4-11-19(18)26-22/h3-4,10-11,15-17,20-21H,2,5-9,12-14H2,1H3,(H,24,28)(H,25,26)/t15-,16?,17+,20?,21-/m0/s1. The summed E-state index contributed by atoms with van der Waals surface area (Å²) in [6.45, 7) is 0. The third-order valence-corrected chi connectivity index (χ3v) is 7.53. The van der Waals surface area contributed by atoms with Crippen LogP contribution in [0.4, 0.5) is 0 Å². The fourth-order valence-corrected chi connectivity index (χ4v) is 6.01. The zero-order chi connectivity index (χ0) is 19.1. The number of fused-ring (bicyclic) bond motifs is 2. The number of aromatic nitrogens is 2. The van der Waals surface area contributed by atoms with Gasteiger partial charge in [-0.2, -0.15) is 0 Å². The van der Waals surface area contributed by atoms with Gasteiger partial charge >= 0.3 is 0 Å². The van der Waals surface area contributed by atoms with E-state index in [4.69, 9.17) is 4.98 Å². The highest BCUT2D eigenvalue weighted by Gasteiger charge is 2.43. The van der Waals surface area contributed by atoms with Gasteiger partial charge in [0.05, 0.1) is 17.1 Å². The Morgan fingerprint density at radius 2 is 1.96 bits per heavy atom. The van der Waals surface area contributed by atoms with Gasteiger partial charge in [-0.15, -0.1) is 0 Å². The number of H-pyrrole nitrogens is 1. The van der Waals surface area contributed by atoms with E-state index in [9.17, 15) is 4.79 Å². The van der Waals surface area contributed by atoms with Gasteiger partial charge in [0.1, 0.15) is 5.82 Å². The van der Waals surface area contributed by atoms with E-state index in [1.54, 1.807) is 0 Å². The molecule has 0 spiro atoms. The van der Waals surface area contributed by atoms with Gasteiger partial charge in [-0.1, -0.05) is 31.4 Å². The van der Waals surface area contributed by atoms with Crippen LogP contribution in [-0.2, 0) is 4.79 Å². The monoisotopic (exact) mass is 380 g/mol. The lowest BCUT2D eigenvalue weighted by Gasteiger charge is -2.32. The number of amides is 1. The van der Waals surface area contributed by atoms with Crippen molar-refractivity contribution in [1.29, 1.82) is 0 Å². The van der Waals surface area contributed by atoms with Gasteiger partial charge < -0.3 is 10.3 Å². The molecule has 2 aliphatic carbocycles. The number of nitrogens with one attached hydrogen (secondary N) is 2. The summed E-state index contributed by atoms with van der Waals surface area (Å²) in [6, 6.07) is 9.20. The van der Waals surface area contributed by atoms with Crippen LogP contribution in [0.2, 0.25) is 0 Å². The highest BCUT2D eigenvalue weighted by atomic mass is 16.2. The van der Waals surface area contributed by atoms with E-state index in [1.165, 1.54) is 25.7 Å². The highest BCUT2D eigenvalue weighted by Crippen LogP contribution is 2.39. The summed E-state index contributed by atoms with van der Waals surface area (Å²) in [5.41, 5.74) is 2.15. The molecule has 2 saturated carbocycles. The van der Waals surface area contributed by atoms with Crippen LogP contribution in [0.1, 0.15) is 69.5 Å². The first-order chi connectivity index (χ1) is 13.7. The molecule has 1 aromatic heterocycles. The largest absolute Gasteiger partial charge is 0.352 e. The number of hydrogen-bond donors (Lipinski definition) is 2. The maximum absolute atomic E-state index is 13.1. The Kier molecular flexibility index (Phi) is 4.87. The van der Waals surface area contributed by atoms with Crippen LogP contribution in [0.5, 0.6) is 0 Å². The highest BCUT2D eigenvalue weighted by molar-refractivity contribution is 5.82. The lowest BCUT2D eigenvalue weighted by atomic mass is 9.84. The van der Waals surface area contributed by atoms with Crippen molar-refractivity contribution in [2.45, 2.75) is 81.8 Å². The van der Waals surface area contributed by atoms with Crippen molar-refractivity contribution in [3.05, 3.63) is 30.1 Å². The molecule has 5 nitrogen and oxygen atoms in total. The molecule has 0 bridgehead atoms. The zero-order valence-electron chi connectivity index (χ0n) is 16.9. The Bertz CT molecular complexity index is 813. The van der Waals surface area contributed by atoms with Gasteiger partial charge in [-0.25, -0.2) is 4.98 Å². The number of benzene rings is 1. The first kappa shape index (κ1) is 18.2. The van der Waals surface area contributed by atoms with Crippen molar-refractivity contribution in [3.63, 3.8) is 0 Å². The minimum absolute atomic E-state index is 0.0691. The Labute approximate surface area is 167 Å². The van der Waals surface area contributed by atoms with Crippen LogP contribution in [0.25, 0.3) is 11.0 Å². The van der Waals surface area contributed by atoms with Crippen LogP contribution in [0.3, 0.4) is 0 Å². The molecule has 3 aliphatic rings. The number of carbonyl (C=O) groups excluding carboxylic acids is 1. The quantitative estimate of drug-likeness (QED) is 0.847. The molecule has 1 aliphatic heterocycles. The van der Waals surface area contributed by atoms with E-state index < -0.39 is 0 Å². The summed E-state index contributed by atoms with van der Waals surface area (Å²) >= 11 is 0. The number of aromatic amines is 1. The lowest BCUT2D eigenvalue weighted by Crippen LogP contribution is -2.48. The van der Waals surface area contributed by atoms with Crippen molar-refractivity contribution in [2.75, 3.05) is 7.05 Å². The van der Waals surface area contributed by atoms with Crippen LogP contribution < -0.4 is 5.32 Å². The molecule has 28 heavy (non-hydrogen) atoms. The number of para-hydroxylation sites is 2. The second-order valence-corrected chi connectivity index (χ2v) is 9.24. The van der Waals surface area contributed by atoms with Crippen molar-refractivity contribution in [2.24, 2.45) is 5.92 Å². The summed E-state index contributed by atoms with van der Waals surface area (Å²) in [4.78, 5) is 23.8. The van der Waals surface area contributed by atoms with Crippen molar-refractivity contribution in [1.82, 2.24) is 20.2 Å². The summed E-state index contributed by atoms with van der Waals surface area (Å²) in [5.74, 6) is 2.48. The molecule has 1 aromatic carbocycles. The Balaban J connectivity index is 1.23. The Morgan fingerprint density at radius 3 is 2.82 bits per heavy atom. The molecule has 2 aromatic rings. The van der Waals surface area contributed by atoms with Crippen LogP contribution in [0.15, 0.2) is 24.3 Å². The van der Waals surface area contributed by atoms with Crippen LogP contribution >= 0.6 is 0 Å². The fourth-order valence-electron chi connectivity index (χ4n) is 6.01. The molecule has 1 amide bonds. The number of imidazole rings is 1. The molecule has 2 N–H and O–H groups in total. The van der Waals surface area contributed by atoms with Crippen molar-refractivity contribution >= 4 is 16.9 Å². The second-order valence-electron chi connectivity index (χ2n) is 9.24. The average Bonchev–Trinajstić information content (AvgIpc) is 3.30. The maximum Gasteiger partial charge on any atom is 0.237 e. The normalized spacial score (nSPS) is 33.7. The van der Waals surface area contributed by atoms with E-state index in [0.29, 0.717) is 12.0 Å². The van der Waals surface area contributed by atoms with Gasteiger partial charge in [-0.3, -0.25) is 9.69 Å². The second kappa shape index (κ2) is 7.51. The predicted molar refractivity (Wildman–Crippen MR) is 111 cm³/mol. The molecular formula is C23H32N4O. The summed E-state index contributed by atoms with van der Waals surface area (Å²) < 4.78 is 0. The number of likely N-dealkylation sites (tertiary alicyclic amines) is 1. The molecule has 150 valence electrons. The molecule has 3 fully saturated rings. The molecule has 2 unspecified atom stereocenters. The third-order valence-electron chi connectivity index (χ3n) is 7.53. The fraction of sp³-hybridized carbons (Fsp3) is 0.652. The van der Waals surface area contributed by atoms with Crippen LogP contribution in [-0.4, -0.2) is 45.9 Å². The predicted octanol–water partition coefficient (Wildman–Crippen LogP) is 3.97. The summed E-state index contributed by atoms with van der Waals surface area (Å²) in [5, 5.41) is 3.41. The molecule has 2 heterocycles. The Hall–Kier alpha value is -1.88. The van der Waals surface area contributed by atoms with E-state index in [0.717, 1.165) is 54.9 Å². The molecule has 5 atom stereocenters. The minimum Gasteiger partial charge on any atom is -0.352 e. The van der Waals surface area contributed by atoms with Crippen LogP contribution in [0, 0.1) is 5.92 Å². The molecule has 0 radical (unpaired) electrons. The number of nitrogens with zero attached hydrogens (tertiary/aromatic N) is 2. The Morgan fingerprint density at radius 1 is 1.11 bits per heavy atom. The number of rotatable bonds is 3. The SMILES string of the molecule is CN1C2CCCC[C@H]2C[C@H]1C(=O)N[C@@H]1CCCC(c2nc3ccccc3[nH]2)C1. The smallest absolute Gasteiger partial charge is 0.237 e. The first-order valence-corrected chi connectivity index (χ1v) is 11.2. The van der Waals surface area contributed by atoms with E-state index in [-0.39, 0.29) is 18.0 Å². The van der Waals surface area contributed by atoms with E-state index >= 15 is 0 Å². The van der Waals surface area contributed by atoms with E-state index in [2.05, 4.69) is 34.4 Å². The van der Waals surface area contributed by atoms with Crippen molar-refractivity contribution in [3.8, 4) is 0 Å². The molecule has 5 rings (SSSR count). The number of carbonyl (C=O) groups is 1. The first-order valence-electron chi connectivity index (χ1n) is 11.2. The third kappa shape index (κ3) is 3.34. The van der Waals surface area contributed by atoms with Gasteiger partial charge in [-0.05, 0) is 63.6 Å². The number of likely N-dealkylation sites (N-methyl/N-ethyl adjacent to an activating group) is 1. The summed E-state index contributed by atoms with van der Waals surface area (Å²) in [6.07, 6.45) is 10.7. The van der Waals surface area contributed by atoms with E-state index in [1.807, 2.05) is 12.1 Å². The average molecular weight is 381 g/mol. The maximum atomic E-state index is 13.1. The summed E-state index contributed by atoms with van der Waals surface area (Å²) in [7, 11) is 2.16. The van der Waals surface area contributed by atoms with Gasteiger partial charge in [0.15, 0.2) is 0 Å². The molecular weight excluding hydrogens is 348 g/mol. The van der Waals surface area contributed by atoms with Crippen molar-refractivity contribution < 1.29 is 4.79 Å². The minimum atomic E-state index is 0.0691. The van der Waals surface area contributed by atoms with Gasteiger partial charge in [0.2, 0.25) is 5.91 Å². The lowest BCUT2D eigenvalue weighted by molar-refractivity contribution is -0.126. The van der Waals surface area contributed by atoms with Gasteiger partial charge in [0.25, 0.3) is 0 Å². The zero-order valence-corrected chi connectivity index (χ0v) is 16.9. The molecule has 5 heteroatoms. The molecule has 1 saturated heterocycles. The van der Waals surface area contributed by atoms with Gasteiger partial charge in [0, 0.05) is 18.0 Å².